The highest BCUT2D eigenvalue weighted by Crippen LogP contribution is 2.41. The number of nitrogens with one attached hydrogen (secondary N) is 2. The number of aryl methyl sites for hydroxylation is 1. The molecule has 6 rings (SSSR count). The summed E-state index contributed by atoms with van der Waals surface area (Å²) in [4.78, 5) is 29.4. The molecule has 35 heavy (non-hydrogen) atoms. The van der Waals surface area contributed by atoms with Crippen LogP contribution < -0.4 is 10.9 Å². The molecule has 184 valence electrons. The zero-order valence-corrected chi connectivity index (χ0v) is 20.8. The molecule has 2 heterocycles. The molecule has 0 radical (unpaired) electrons. The van der Waals surface area contributed by atoms with Crippen molar-refractivity contribution < 1.29 is 9.90 Å². The summed E-state index contributed by atoms with van der Waals surface area (Å²) in [5.74, 6) is 0.595. The molecule has 0 bridgehead atoms. The van der Waals surface area contributed by atoms with Crippen LogP contribution in [-0.4, -0.2) is 37.8 Å². The molecule has 1 aromatic carbocycles. The number of carbonyl (C=O) groups is 1. The predicted octanol–water partition coefficient (Wildman–Crippen LogP) is 4.77. The molecule has 2 fully saturated rings. The van der Waals surface area contributed by atoms with E-state index in [4.69, 9.17) is 5.10 Å². The Labute approximate surface area is 204 Å². The van der Waals surface area contributed by atoms with Crippen molar-refractivity contribution in [3.63, 3.8) is 0 Å². The normalized spacial score (nSPS) is 23.9. The summed E-state index contributed by atoms with van der Waals surface area (Å²) in [6.45, 7) is 6.18. The van der Waals surface area contributed by atoms with Crippen LogP contribution in [0.3, 0.4) is 0 Å². The summed E-state index contributed by atoms with van der Waals surface area (Å²) in [5.41, 5.74) is 4.97. The van der Waals surface area contributed by atoms with Crippen molar-refractivity contribution in [2.75, 3.05) is 5.32 Å². The number of Topliss-reactive ketones (excluding diaryl/α,β-unsaturated/α-hetero) is 1. The number of aliphatic hydroxyl groups is 1. The number of anilines is 1. The minimum Gasteiger partial charge on any atom is -0.393 e. The van der Waals surface area contributed by atoms with Crippen LogP contribution >= 0.6 is 0 Å². The summed E-state index contributed by atoms with van der Waals surface area (Å²) in [7, 11) is 0. The van der Waals surface area contributed by atoms with Crippen molar-refractivity contribution in [1.82, 2.24) is 14.8 Å². The first kappa shape index (κ1) is 22.5. The minimum atomic E-state index is -0.236. The molecular weight excluding hydrogens is 440 g/mol. The smallest absolute Gasteiger partial charge is 0.258 e. The van der Waals surface area contributed by atoms with Gasteiger partial charge in [-0.25, -0.2) is 4.68 Å². The summed E-state index contributed by atoms with van der Waals surface area (Å²) >= 11 is 0. The van der Waals surface area contributed by atoms with Crippen molar-refractivity contribution >= 4 is 22.2 Å². The molecule has 7 nitrogen and oxygen atoms in total. The van der Waals surface area contributed by atoms with Crippen LogP contribution in [-0.2, 0) is 6.42 Å². The zero-order chi connectivity index (χ0) is 24.5. The number of rotatable bonds is 4. The Morgan fingerprint density at radius 3 is 2.51 bits per heavy atom. The number of benzene rings is 1. The third-order valence-corrected chi connectivity index (χ3v) is 7.99. The van der Waals surface area contributed by atoms with E-state index in [1.54, 1.807) is 0 Å². The third-order valence-electron chi connectivity index (χ3n) is 7.99. The van der Waals surface area contributed by atoms with Gasteiger partial charge in [-0.2, -0.15) is 5.10 Å². The Morgan fingerprint density at radius 2 is 1.80 bits per heavy atom. The average Bonchev–Trinajstić information content (AvgIpc) is 3.58. The van der Waals surface area contributed by atoms with E-state index in [0.29, 0.717) is 17.7 Å². The first-order valence-electron chi connectivity index (χ1n) is 13.0. The number of aromatic nitrogens is 3. The molecule has 3 N–H and O–H groups in total. The van der Waals surface area contributed by atoms with Crippen LogP contribution in [0.4, 0.5) is 5.69 Å². The molecule has 3 aliphatic carbocycles. The Morgan fingerprint density at radius 1 is 1.06 bits per heavy atom. The number of aliphatic hydroxyl groups excluding tert-OH is 1. The number of pyridine rings is 1. The van der Waals surface area contributed by atoms with Gasteiger partial charge in [0.2, 0.25) is 0 Å². The van der Waals surface area contributed by atoms with E-state index >= 15 is 0 Å². The van der Waals surface area contributed by atoms with E-state index in [-0.39, 0.29) is 28.9 Å². The number of aromatic amines is 1. The molecule has 3 aliphatic rings. The van der Waals surface area contributed by atoms with Crippen molar-refractivity contribution in [3.8, 4) is 5.69 Å². The quantitative estimate of drug-likeness (QED) is 0.506. The second-order valence-corrected chi connectivity index (χ2v) is 11.7. The summed E-state index contributed by atoms with van der Waals surface area (Å²) in [5, 5.41) is 20.0. The van der Waals surface area contributed by atoms with Gasteiger partial charge in [0.15, 0.2) is 5.78 Å². The molecule has 2 saturated carbocycles. The van der Waals surface area contributed by atoms with Gasteiger partial charge in [-0.1, -0.05) is 13.8 Å². The predicted molar refractivity (Wildman–Crippen MR) is 137 cm³/mol. The molecule has 0 aliphatic heterocycles. The van der Waals surface area contributed by atoms with Gasteiger partial charge >= 0.3 is 0 Å². The second-order valence-electron chi connectivity index (χ2n) is 11.7. The van der Waals surface area contributed by atoms with Crippen LogP contribution in [0.15, 0.2) is 23.0 Å². The van der Waals surface area contributed by atoms with E-state index in [0.717, 1.165) is 84.4 Å². The Bertz CT molecular complexity index is 1390. The van der Waals surface area contributed by atoms with Gasteiger partial charge in [-0.15, -0.1) is 0 Å². The fourth-order valence-electron chi connectivity index (χ4n) is 6.06. The van der Waals surface area contributed by atoms with Gasteiger partial charge in [0, 0.05) is 23.8 Å². The van der Waals surface area contributed by atoms with Crippen LogP contribution in [0.5, 0.6) is 0 Å². The van der Waals surface area contributed by atoms with Gasteiger partial charge in [-0.05, 0) is 86.8 Å². The highest BCUT2D eigenvalue weighted by Gasteiger charge is 2.36. The lowest BCUT2D eigenvalue weighted by Gasteiger charge is -2.29. The lowest BCUT2D eigenvalue weighted by molar-refractivity contribution is 0.0910. The Balaban J connectivity index is 1.51. The number of carbonyl (C=O) groups excluding carboxylic acids is 1. The van der Waals surface area contributed by atoms with Crippen molar-refractivity contribution in [2.24, 2.45) is 5.41 Å². The van der Waals surface area contributed by atoms with Crippen molar-refractivity contribution in [2.45, 2.75) is 90.2 Å². The maximum absolute atomic E-state index is 13.3. The molecule has 0 amide bonds. The first-order valence-corrected chi connectivity index (χ1v) is 13.0. The number of nitrogens with zero attached hydrogens (tertiary/aromatic N) is 2. The first-order chi connectivity index (χ1) is 16.7. The SMILES string of the molecule is Cc1nn(-c2cc(N[C@H]3CC[C@H](O)CC3)c3c(=O)[nH]c(C4CC4)cc3c2)c2c1C(=O)CC(C)(C)C2. The molecule has 0 spiro atoms. The fraction of sp³-hybridized carbons (Fsp3) is 0.536. The molecular formula is C28H34N4O3. The maximum atomic E-state index is 13.3. The van der Waals surface area contributed by atoms with E-state index in [9.17, 15) is 14.7 Å². The second kappa shape index (κ2) is 8.05. The van der Waals surface area contributed by atoms with Crippen LogP contribution in [0, 0.1) is 12.3 Å². The van der Waals surface area contributed by atoms with Gasteiger partial charge in [0.25, 0.3) is 5.56 Å². The largest absolute Gasteiger partial charge is 0.393 e. The number of hydrogen-bond donors (Lipinski definition) is 3. The van der Waals surface area contributed by atoms with E-state index in [1.807, 2.05) is 23.7 Å². The molecule has 2 aromatic heterocycles. The van der Waals surface area contributed by atoms with Gasteiger partial charge in [0.1, 0.15) is 0 Å². The average molecular weight is 475 g/mol. The molecule has 0 unspecified atom stereocenters. The molecule has 3 aromatic rings. The highest BCUT2D eigenvalue weighted by molar-refractivity contribution is 6.00. The monoisotopic (exact) mass is 474 g/mol. The number of H-pyrrole nitrogens is 1. The summed E-state index contributed by atoms with van der Waals surface area (Å²) < 4.78 is 1.93. The van der Waals surface area contributed by atoms with Crippen molar-refractivity contribution in [1.29, 1.82) is 0 Å². The van der Waals surface area contributed by atoms with Gasteiger partial charge in [0.05, 0.1) is 34.1 Å². The minimum absolute atomic E-state index is 0.0655. The van der Waals surface area contributed by atoms with Crippen LogP contribution in [0.1, 0.15) is 92.2 Å². The molecule has 0 atom stereocenters. The zero-order valence-electron chi connectivity index (χ0n) is 20.8. The number of fused-ring (bicyclic) bond motifs is 2. The molecule has 7 heteroatoms. The van der Waals surface area contributed by atoms with Crippen LogP contribution in [0.2, 0.25) is 0 Å². The van der Waals surface area contributed by atoms with Crippen molar-refractivity contribution in [3.05, 3.63) is 51.2 Å². The van der Waals surface area contributed by atoms with Gasteiger partial charge in [-0.3, -0.25) is 9.59 Å². The van der Waals surface area contributed by atoms with E-state index < -0.39 is 0 Å². The van der Waals surface area contributed by atoms with E-state index in [1.165, 1.54) is 0 Å². The summed E-state index contributed by atoms with van der Waals surface area (Å²) in [6, 6.07) is 6.38. The standard InChI is InChI=1S/C28H34N4O3/c1-15-25-23(13-28(2,3)14-24(25)34)32(31-15)19-10-17-11-21(16-4-5-16)30-27(35)26(17)22(12-19)29-18-6-8-20(33)9-7-18/h10-12,16,18,20,29,33H,4-9,13-14H2,1-3H3,(H,30,35)/t18-,20-. The maximum Gasteiger partial charge on any atom is 0.258 e. The fourth-order valence-corrected chi connectivity index (χ4v) is 6.06. The number of ketones is 1. The topological polar surface area (TPSA) is 100 Å². The highest BCUT2D eigenvalue weighted by atomic mass is 16.3. The van der Waals surface area contributed by atoms with Crippen LogP contribution in [0.25, 0.3) is 16.5 Å². The third kappa shape index (κ3) is 4.10. The van der Waals surface area contributed by atoms with Gasteiger partial charge < -0.3 is 15.4 Å². The van der Waals surface area contributed by atoms with E-state index in [2.05, 4.69) is 30.2 Å². The lowest BCUT2D eigenvalue weighted by Crippen LogP contribution is -2.29. The molecule has 0 saturated heterocycles. The summed E-state index contributed by atoms with van der Waals surface area (Å²) in [6.07, 6.45) is 6.55. The number of hydrogen-bond acceptors (Lipinski definition) is 5. The Hall–Kier alpha value is -2.93. The Kier molecular flexibility index (Phi) is 5.18. The lowest BCUT2D eigenvalue weighted by atomic mass is 9.75.